The first-order valence-electron chi connectivity index (χ1n) is 8.41. The van der Waals surface area contributed by atoms with E-state index in [1.165, 1.54) is 11.3 Å². The number of ether oxygens (including phenoxy) is 1. The second kappa shape index (κ2) is 8.39. The number of amides is 2. The van der Waals surface area contributed by atoms with Gasteiger partial charge in [0.2, 0.25) is 6.29 Å². The van der Waals surface area contributed by atoms with Gasteiger partial charge in [0, 0.05) is 9.58 Å². The first-order chi connectivity index (χ1) is 13.3. The molecule has 0 saturated carbocycles. The quantitative estimate of drug-likeness (QED) is 0.377. The number of aliphatic carboxylic acids is 1. The molecule has 1 aromatic carbocycles. The van der Waals surface area contributed by atoms with Gasteiger partial charge in [0.1, 0.15) is 18.3 Å². The van der Waals surface area contributed by atoms with Crippen LogP contribution in [0.25, 0.3) is 10.1 Å². The third-order valence-electron chi connectivity index (χ3n) is 4.30. The second-order valence-electron chi connectivity index (χ2n) is 6.34. The third-order valence-corrected chi connectivity index (χ3v) is 5.60. The molecule has 2 aromatic rings. The van der Waals surface area contributed by atoms with Crippen LogP contribution in [0, 0.1) is 0 Å². The van der Waals surface area contributed by atoms with Gasteiger partial charge < -0.3 is 30.5 Å². The van der Waals surface area contributed by atoms with Crippen LogP contribution in [0.4, 0.5) is 4.79 Å². The van der Waals surface area contributed by atoms with Gasteiger partial charge in [-0.3, -0.25) is 0 Å². The molecule has 28 heavy (non-hydrogen) atoms. The lowest BCUT2D eigenvalue weighted by molar-refractivity contribution is -0.304. The summed E-state index contributed by atoms with van der Waals surface area (Å²) < 4.78 is 5.98. The maximum absolute atomic E-state index is 12.0. The molecule has 1 saturated heterocycles. The molecule has 3 rings (SSSR count). The standard InChI is InChI=1S/C17H20N2O8S/c1-7(10-6-8-4-2-3-5-9(8)28-10)18-17(25)19-27-16-13(22)11(20)12(21)14(26-16)15(23)24/h2-7,11-14,16,20-22H,1H3,(H,23,24)(H2,18,19,25)/t7?,11-,12-,13+,14-,16-/m0/s1. The number of aliphatic hydroxyl groups is 3. The first-order valence-corrected chi connectivity index (χ1v) is 9.22. The van der Waals surface area contributed by atoms with Crippen LogP contribution in [0.5, 0.6) is 0 Å². The van der Waals surface area contributed by atoms with Crippen molar-refractivity contribution in [3.63, 3.8) is 0 Å². The van der Waals surface area contributed by atoms with Gasteiger partial charge in [-0.25, -0.2) is 19.9 Å². The number of carboxylic acid groups (broad SMARTS) is 1. The number of hydrogen-bond donors (Lipinski definition) is 6. The molecule has 1 aliphatic rings. The third kappa shape index (κ3) is 4.24. The summed E-state index contributed by atoms with van der Waals surface area (Å²) in [6.07, 6.45) is -8.90. The highest BCUT2D eigenvalue weighted by Gasteiger charge is 2.48. The lowest BCUT2D eigenvalue weighted by Crippen LogP contribution is -2.61. The van der Waals surface area contributed by atoms with Gasteiger partial charge in [-0.05, 0) is 24.4 Å². The van der Waals surface area contributed by atoms with Crippen LogP contribution in [0.15, 0.2) is 30.3 Å². The first kappa shape index (κ1) is 20.5. The average molecular weight is 412 g/mol. The van der Waals surface area contributed by atoms with E-state index < -0.39 is 42.7 Å². The fourth-order valence-corrected chi connectivity index (χ4v) is 3.84. The largest absolute Gasteiger partial charge is 0.479 e. The molecule has 6 atom stereocenters. The van der Waals surface area contributed by atoms with Crippen molar-refractivity contribution in [3.05, 3.63) is 35.2 Å². The highest BCUT2D eigenvalue weighted by Crippen LogP contribution is 2.29. The fourth-order valence-electron chi connectivity index (χ4n) is 2.77. The summed E-state index contributed by atoms with van der Waals surface area (Å²) >= 11 is 1.52. The number of nitrogens with one attached hydrogen (secondary N) is 2. The smallest absolute Gasteiger partial charge is 0.339 e. The van der Waals surface area contributed by atoms with E-state index in [2.05, 4.69) is 5.32 Å². The maximum Gasteiger partial charge on any atom is 0.339 e. The summed E-state index contributed by atoms with van der Waals surface area (Å²) in [5.74, 6) is -1.55. The minimum absolute atomic E-state index is 0.350. The molecule has 11 heteroatoms. The molecule has 152 valence electrons. The van der Waals surface area contributed by atoms with Gasteiger partial charge in [0.25, 0.3) is 0 Å². The molecule has 2 heterocycles. The van der Waals surface area contributed by atoms with Crippen LogP contribution >= 0.6 is 11.3 Å². The molecule has 0 bridgehead atoms. The fraction of sp³-hybridized carbons (Fsp3) is 0.412. The molecule has 0 spiro atoms. The number of hydroxylamine groups is 1. The van der Waals surface area contributed by atoms with Crippen molar-refractivity contribution in [1.82, 2.24) is 10.8 Å². The Morgan fingerprint density at radius 2 is 1.89 bits per heavy atom. The summed E-state index contributed by atoms with van der Waals surface area (Å²) in [4.78, 5) is 28.9. The van der Waals surface area contributed by atoms with Crippen molar-refractivity contribution in [2.24, 2.45) is 0 Å². The van der Waals surface area contributed by atoms with E-state index >= 15 is 0 Å². The number of benzene rings is 1. The molecule has 1 fully saturated rings. The van der Waals surface area contributed by atoms with Crippen molar-refractivity contribution in [2.75, 3.05) is 0 Å². The molecular formula is C17H20N2O8S. The van der Waals surface area contributed by atoms with Gasteiger partial charge in [-0.15, -0.1) is 11.3 Å². The van der Waals surface area contributed by atoms with E-state index in [0.717, 1.165) is 15.0 Å². The van der Waals surface area contributed by atoms with Gasteiger partial charge in [0.15, 0.2) is 6.10 Å². The number of urea groups is 1. The monoisotopic (exact) mass is 412 g/mol. The minimum Gasteiger partial charge on any atom is -0.479 e. The topological polar surface area (TPSA) is 158 Å². The normalized spacial score (nSPS) is 28.6. The maximum atomic E-state index is 12.0. The van der Waals surface area contributed by atoms with E-state index in [-0.39, 0.29) is 6.04 Å². The number of aliphatic hydroxyl groups excluding tert-OH is 3. The Hall–Kier alpha value is -2.28. The predicted molar refractivity (Wildman–Crippen MR) is 97.3 cm³/mol. The number of carboxylic acids is 1. The Morgan fingerprint density at radius 1 is 1.18 bits per heavy atom. The van der Waals surface area contributed by atoms with Crippen LogP contribution in [0.1, 0.15) is 17.8 Å². The van der Waals surface area contributed by atoms with E-state index in [1.807, 2.05) is 35.8 Å². The van der Waals surface area contributed by atoms with Gasteiger partial charge in [0.05, 0.1) is 6.04 Å². The van der Waals surface area contributed by atoms with E-state index in [0.29, 0.717) is 0 Å². The van der Waals surface area contributed by atoms with E-state index in [4.69, 9.17) is 14.7 Å². The summed E-state index contributed by atoms with van der Waals surface area (Å²) in [5.41, 5.74) is 2.00. The number of carbonyl (C=O) groups is 2. The highest BCUT2D eigenvalue weighted by atomic mass is 32.1. The number of carbonyl (C=O) groups excluding carboxylic acids is 1. The summed E-state index contributed by atoms with van der Waals surface area (Å²) in [6, 6.07) is 8.63. The number of rotatable bonds is 5. The van der Waals surface area contributed by atoms with Gasteiger partial charge in [-0.2, -0.15) is 0 Å². The summed E-state index contributed by atoms with van der Waals surface area (Å²) in [7, 11) is 0. The van der Waals surface area contributed by atoms with Crippen molar-refractivity contribution < 1.29 is 39.6 Å². The average Bonchev–Trinajstić information content (AvgIpc) is 3.09. The number of hydrogen-bond acceptors (Lipinski definition) is 8. The van der Waals surface area contributed by atoms with Gasteiger partial charge in [-0.1, -0.05) is 18.2 Å². The lowest BCUT2D eigenvalue weighted by Gasteiger charge is -2.37. The van der Waals surface area contributed by atoms with Crippen molar-refractivity contribution in [2.45, 2.75) is 43.7 Å². The van der Waals surface area contributed by atoms with Gasteiger partial charge >= 0.3 is 12.0 Å². The Balaban J connectivity index is 1.56. The Morgan fingerprint density at radius 3 is 2.57 bits per heavy atom. The molecule has 1 unspecified atom stereocenters. The Kier molecular flexibility index (Phi) is 6.13. The summed E-state index contributed by atoms with van der Waals surface area (Å²) in [6.45, 7) is 1.77. The molecule has 6 N–H and O–H groups in total. The molecule has 1 aromatic heterocycles. The highest BCUT2D eigenvalue weighted by molar-refractivity contribution is 7.19. The Bertz CT molecular complexity index is 826. The SMILES string of the molecule is CC(NC(=O)NO[C@@H]1O[C@H](C(=O)O)[C@@H](O)[C@H](O)[C@H]1O)c1cc2ccccc2s1. The minimum atomic E-state index is -1.84. The van der Waals surface area contributed by atoms with Crippen molar-refractivity contribution >= 4 is 33.4 Å². The zero-order valence-electron chi connectivity index (χ0n) is 14.7. The number of thiophene rings is 1. The number of fused-ring (bicyclic) bond motifs is 1. The zero-order valence-corrected chi connectivity index (χ0v) is 15.5. The molecule has 0 radical (unpaired) electrons. The van der Waals surface area contributed by atoms with Crippen LogP contribution in [0.2, 0.25) is 0 Å². The molecule has 10 nitrogen and oxygen atoms in total. The Labute approximate surface area is 163 Å². The molecule has 0 aliphatic carbocycles. The van der Waals surface area contributed by atoms with Crippen molar-refractivity contribution in [3.8, 4) is 0 Å². The van der Waals surface area contributed by atoms with Crippen LogP contribution < -0.4 is 10.8 Å². The van der Waals surface area contributed by atoms with E-state index in [1.54, 1.807) is 6.92 Å². The second-order valence-corrected chi connectivity index (χ2v) is 7.45. The lowest BCUT2D eigenvalue weighted by atomic mass is 9.99. The molecule has 1 aliphatic heterocycles. The molecule has 2 amide bonds. The van der Waals surface area contributed by atoms with E-state index in [9.17, 15) is 24.9 Å². The zero-order chi connectivity index (χ0) is 20.4. The predicted octanol–water partition coefficient (Wildman–Crippen LogP) is 0.0853. The van der Waals surface area contributed by atoms with Crippen molar-refractivity contribution in [1.29, 1.82) is 0 Å². The summed E-state index contributed by atoms with van der Waals surface area (Å²) in [5, 5.41) is 41.8. The van der Waals surface area contributed by atoms with Crippen LogP contribution in [-0.2, 0) is 14.4 Å². The molecular weight excluding hydrogens is 392 g/mol. The van der Waals surface area contributed by atoms with Crippen LogP contribution in [0.3, 0.4) is 0 Å². The van der Waals surface area contributed by atoms with Crippen LogP contribution in [-0.4, -0.2) is 63.1 Å².